The molecule has 0 heterocycles. The van der Waals surface area contributed by atoms with Gasteiger partial charge in [-0.15, -0.1) is 6.42 Å². The Kier molecular flexibility index (Phi) is 40.3. The molecule has 4 unspecified atom stereocenters. The first-order chi connectivity index (χ1) is 60.0. The maximum Gasteiger partial charge on any atom is 0.262 e. The van der Waals surface area contributed by atoms with E-state index in [1.165, 1.54) is 101 Å². The zero-order valence-corrected chi connectivity index (χ0v) is 74.1. The number of para-hydroxylation sites is 5. The third kappa shape index (κ3) is 28.1. The minimum absolute atomic E-state index is 0.00269. The van der Waals surface area contributed by atoms with Gasteiger partial charge in [-0.3, -0.25) is 43.3 Å². The lowest BCUT2D eigenvalue weighted by Crippen LogP contribution is -2.58. The van der Waals surface area contributed by atoms with Gasteiger partial charge in [0.05, 0.1) is 28.8 Å². The molecule has 8 saturated carbocycles. The minimum Gasteiger partial charge on any atom is -0.507 e. The number of terminal acetylenes is 1. The van der Waals surface area contributed by atoms with Gasteiger partial charge in [0.15, 0.2) is 0 Å². The summed E-state index contributed by atoms with van der Waals surface area (Å²) >= 11 is 0. The molecule has 0 saturated heterocycles. The first kappa shape index (κ1) is 95.8. The van der Waals surface area contributed by atoms with Crippen molar-refractivity contribution in [2.24, 2.45) is 35.5 Å². The fourth-order valence-electron chi connectivity index (χ4n) is 20.9. The Morgan fingerprint density at radius 2 is 0.610 bits per heavy atom. The maximum absolute atomic E-state index is 13.9. The molecule has 8 aliphatic rings. The van der Waals surface area contributed by atoms with E-state index in [-0.39, 0.29) is 124 Å². The van der Waals surface area contributed by atoms with Crippen LogP contribution in [0.5, 0.6) is 23.0 Å². The molecule has 20 heteroatoms. The number of amides is 8. The number of phenols is 4. The quantitative estimate of drug-likeness (QED) is 0.0157. The van der Waals surface area contributed by atoms with E-state index in [0.29, 0.717) is 48.3 Å². The van der Waals surface area contributed by atoms with Crippen LogP contribution in [-0.4, -0.2) is 151 Å². The number of hydrogen-bond acceptors (Lipinski definition) is 12. The van der Waals surface area contributed by atoms with E-state index in [2.05, 4.69) is 41.0 Å². The van der Waals surface area contributed by atoms with Gasteiger partial charge in [-0.05, 0) is 212 Å². The van der Waals surface area contributed by atoms with Gasteiger partial charge in [0.25, 0.3) is 23.6 Å². The Bertz CT molecular complexity index is 4100. The third-order valence-corrected chi connectivity index (χ3v) is 27.6. The number of rotatable bonds is 30. The van der Waals surface area contributed by atoms with Crippen molar-refractivity contribution >= 4 is 52.9 Å². The van der Waals surface area contributed by atoms with Crippen molar-refractivity contribution in [3.8, 4) is 35.3 Å². The molecule has 0 bridgehead atoms. The normalized spacial score (nSPS) is 18.9. The molecule has 0 radical (unpaired) electrons. The first-order valence-corrected chi connectivity index (χ1v) is 48.0. The fraction of sp³-hybridized carbons (Fsp3) is 0.612. The van der Waals surface area contributed by atoms with E-state index in [9.17, 15) is 58.8 Å². The number of anilines is 1. The molecule has 0 aromatic heterocycles. The van der Waals surface area contributed by atoms with Crippen molar-refractivity contribution < 1.29 is 58.8 Å². The van der Waals surface area contributed by atoms with Gasteiger partial charge in [0.1, 0.15) is 47.2 Å². The molecule has 8 fully saturated rings. The van der Waals surface area contributed by atoms with Crippen LogP contribution in [0.25, 0.3) is 0 Å². The zero-order chi connectivity index (χ0) is 87.1. The van der Waals surface area contributed by atoms with Crippen LogP contribution in [0.2, 0.25) is 0 Å². The molecule has 0 spiro atoms. The fourth-order valence-corrected chi connectivity index (χ4v) is 20.9. The molecular weight excluding hydrogens is 1540 g/mol. The Hall–Kier alpha value is -9.38. The first-order valence-electron chi connectivity index (χ1n) is 48.0. The molecule has 13 rings (SSSR count). The summed E-state index contributed by atoms with van der Waals surface area (Å²) in [7, 11) is 0. The van der Waals surface area contributed by atoms with E-state index < -0.39 is 24.2 Å². The van der Waals surface area contributed by atoms with E-state index in [1.807, 2.05) is 40.1 Å². The SMILES string of the molecule is C#CCN(C(=O)c1ccccc1O)C(C(=O)NCC1CCCCC1)C1CCCCC1.CCCCNC(=O)C(C1CCCCC1)N(C(=O)c1ccccc1O)C1CCCCC1.CCCCNC(=O)C(C1CCCCC1)N(C(=O)c1ccccc1O)c1ccccc1.O=C(NCC1CCCCC1)C(C1CCCCC1)N(C(=O)c1ccccc1O)C1CCCCC1. The number of aromatic hydroxyl groups is 4. The molecule has 4 atom stereocenters. The second kappa shape index (κ2) is 51.8. The molecule has 670 valence electrons. The van der Waals surface area contributed by atoms with Crippen molar-refractivity contribution in [2.75, 3.05) is 37.6 Å². The average molecular weight is 1690 g/mol. The summed E-state index contributed by atoms with van der Waals surface area (Å²) in [5.74, 6) is 2.77. The van der Waals surface area contributed by atoms with Crippen LogP contribution in [0, 0.1) is 47.9 Å². The molecular formula is C103H146N8O12. The Balaban J connectivity index is 0.000000172. The second-order valence-corrected chi connectivity index (χ2v) is 36.4. The predicted molar refractivity (Wildman–Crippen MR) is 488 cm³/mol. The summed E-state index contributed by atoms with van der Waals surface area (Å²) < 4.78 is 0. The van der Waals surface area contributed by atoms with Crippen LogP contribution in [0.15, 0.2) is 127 Å². The zero-order valence-electron chi connectivity index (χ0n) is 74.1. The minimum atomic E-state index is -0.600. The lowest BCUT2D eigenvalue weighted by atomic mass is 9.80. The number of unbranched alkanes of at least 4 members (excludes halogenated alkanes) is 2. The maximum atomic E-state index is 13.9. The molecule has 20 nitrogen and oxygen atoms in total. The third-order valence-electron chi connectivity index (χ3n) is 27.6. The van der Waals surface area contributed by atoms with Gasteiger partial charge >= 0.3 is 0 Å². The van der Waals surface area contributed by atoms with E-state index in [4.69, 9.17) is 6.42 Å². The highest BCUT2D eigenvalue weighted by molar-refractivity contribution is 6.11. The van der Waals surface area contributed by atoms with E-state index in [1.54, 1.807) is 89.8 Å². The number of benzene rings is 5. The van der Waals surface area contributed by atoms with E-state index >= 15 is 0 Å². The van der Waals surface area contributed by atoms with Crippen LogP contribution < -0.4 is 26.2 Å². The monoisotopic (exact) mass is 1690 g/mol. The lowest BCUT2D eigenvalue weighted by molar-refractivity contribution is -0.130. The summed E-state index contributed by atoms with van der Waals surface area (Å²) in [6.07, 6.45) is 53.3. The molecule has 5 aromatic carbocycles. The predicted octanol–water partition coefficient (Wildman–Crippen LogP) is 19.9. The highest BCUT2D eigenvalue weighted by atomic mass is 16.3. The van der Waals surface area contributed by atoms with Crippen molar-refractivity contribution in [3.63, 3.8) is 0 Å². The largest absolute Gasteiger partial charge is 0.507 e. The Labute approximate surface area is 734 Å². The molecule has 8 amide bonds. The highest BCUT2D eigenvalue weighted by Crippen LogP contribution is 2.41. The van der Waals surface area contributed by atoms with Gasteiger partial charge in [-0.25, -0.2) is 0 Å². The van der Waals surface area contributed by atoms with Gasteiger partial charge in [0.2, 0.25) is 23.6 Å². The average Bonchev–Trinajstić information content (AvgIpc) is 0.799. The summed E-state index contributed by atoms with van der Waals surface area (Å²) in [6.45, 7) is 6.89. The topological polar surface area (TPSA) is 279 Å². The molecule has 5 aromatic rings. The summed E-state index contributed by atoms with van der Waals surface area (Å²) in [5.41, 5.74) is 1.71. The van der Waals surface area contributed by atoms with Crippen molar-refractivity contribution in [3.05, 3.63) is 150 Å². The summed E-state index contributed by atoms with van der Waals surface area (Å²) in [5, 5.41) is 54.0. The Morgan fingerprint density at radius 1 is 0.333 bits per heavy atom. The van der Waals surface area contributed by atoms with Gasteiger partial charge in [-0.2, -0.15) is 0 Å². The molecule has 8 aliphatic carbocycles. The van der Waals surface area contributed by atoms with Gasteiger partial charge in [-0.1, -0.05) is 253 Å². The molecule has 8 N–H and O–H groups in total. The van der Waals surface area contributed by atoms with E-state index in [0.717, 1.165) is 206 Å². The van der Waals surface area contributed by atoms with Crippen molar-refractivity contribution in [2.45, 2.75) is 333 Å². The van der Waals surface area contributed by atoms with Crippen LogP contribution in [-0.2, 0) is 19.2 Å². The lowest BCUT2D eigenvalue weighted by Gasteiger charge is -2.43. The number of carbonyl (C=O) groups excluding carboxylic acids is 8. The molecule has 123 heavy (non-hydrogen) atoms. The van der Waals surface area contributed by atoms with Gasteiger partial charge < -0.3 is 56.4 Å². The smallest absolute Gasteiger partial charge is 0.262 e. The van der Waals surface area contributed by atoms with Crippen LogP contribution >= 0.6 is 0 Å². The number of carbonyl (C=O) groups is 8. The number of nitrogens with one attached hydrogen (secondary N) is 4. The van der Waals surface area contributed by atoms with Crippen LogP contribution in [0.4, 0.5) is 5.69 Å². The summed E-state index contributed by atoms with van der Waals surface area (Å²) in [6, 6.07) is 33.9. The number of nitrogens with zero attached hydrogens (tertiary/aromatic N) is 4. The van der Waals surface area contributed by atoms with Crippen molar-refractivity contribution in [1.29, 1.82) is 0 Å². The number of phenolic OH excluding ortho intramolecular Hbond substituents is 4. The van der Waals surface area contributed by atoms with Crippen LogP contribution in [0.1, 0.15) is 338 Å². The van der Waals surface area contributed by atoms with Gasteiger partial charge in [0, 0.05) is 44.0 Å². The summed E-state index contributed by atoms with van der Waals surface area (Å²) in [4.78, 5) is 116. The highest BCUT2D eigenvalue weighted by Gasteiger charge is 2.46. The Morgan fingerprint density at radius 3 is 0.951 bits per heavy atom. The number of hydrogen-bond donors (Lipinski definition) is 8. The second-order valence-electron chi connectivity index (χ2n) is 36.4. The standard InChI is InChI=1S/C28H42N2O3.C25H34N2O3.C25H38N2O3.C25H32N2O3/c31-25-19-11-10-18-24(25)28(33)30(23-16-8-3-9-17-23)26(22-14-6-2-7-15-22)27(32)29-20-21-12-4-1-5-13-21;1-2-17-27(25(30)21-15-9-10-16-22(21)28)23(20-13-7-4-8-14-20)24(29)26-18-19-11-5-3-6-12-19;2*1-2-3-18-26-24(29)23(19-12-6-4-7-13-19)27(20-14-8-5-9-15-20)25(30)21-16-10-11-17-22(21)28/h10-11,18-19,21-23,26,31H,1-9,12-17,20H2,(H,29,32);1,9-10,15-16,19-20,23,28H,3-8,11-14,17-18H2,(H,26,29);10-11,16-17,19-20,23,28H,2-9,12-15,18H2,1H3,(H,26,29);5,8-11,14-17,19,23,28H,2-4,6-7,12-13,18H2,1H3,(H,26,29). The van der Waals surface area contributed by atoms with Crippen LogP contribution in [0.3, 0.4) is 0 Å². The molecule has 0 aliphatic heterocycles. The van der Waals surface area contributed by atoms with Crippen molar-refractivity contribution in [1.82, 2.24) is 36.0 Å².